The number of aliphatic hydroxyl groups excluding tert-OH is 12. The van der Waals surface area contributed by atoms with Gasteiger partial charge in [-0.1, -0.05) is 6.92 Å². The van der Waals surface area contributed by atoms with Crippen molar-refractivity contribution >= 4 is 274 Å². The Bertz CT molecular complexity index is 3010. The lowest BCUT2D eigenvalue weighted by molar-refractivity contribution is -0.122. The number of hydrogen-bond donors (Lipinski definition) is 18. The lowest BCUT2D eigenvalue weighted by Gasteiger charge is -2.34. The van der Waals surface area contributed by atoms with Crippen molar-refractivity contribution in [3.63, 3.8) is 0 Å². The molecule has 0 saturated carbocycles. The van der Waals surface area contributed by atoms with E-state index in [1.54, 1.807) is 210 Å². The summed E-state index contributed by atoms with van der Waals surface area (Å²) in [7, 11) is 0. The molecule has 6 unspecified atom stereocenters. The molecule has 21 N–H and O–H groups in total. The lowest BCUT2D eigenvalue weighted by atomic mass is 9.88. The van der Waals surface area contributed by atoms with Crippen molar-refractivity contribution in [3.05, 3.63) is 65.5 Å². The second-order valence-electron chi connectivity index (χ2n) is 20.7. The van der Waals surface area contributed by atoms with Gasteiger partial charge in [0.05, 0.1) is 188 Å². The highest BCUT2D eigenvalue weighted by Gasteiger charge is 2.38. The Morgan fingerprint density at radius 1 is 0.385 bits per heavy atom. The van der Waals surface area contributed by atoms with Gasteiger partial charge in [-0.05, 0) is 210 Å². The van der Waals surface area contributed by atoms with Crippen molar-refractivity contribution < 1.29 is 119 Å². The molecule has 6 atom stereocenters. The topological polar surface area (TPSA) is 548 Å². The summed E-state index contributed by atoms with van der Waals surface area (Å²) >= 11 is 15.4. The second kappa shape index (κ2) is 42.6. The molecule has 0 spiro atoms. The number of nitrogens with one attached hydrogen (secondary N) is 3. The summed E-state index contributed by atoms with van der Waals surface area (Å²) in [6.07, 6.45) is -8.98. The number of hydrogen-bond acceptors (Lipinski definition) is 24. The summed E-state index contributed by atoms with van der Waals surface area (Å²) in [4.78, 5) is 123. The first-order valence-corrected chi connectivity index (χ1v) is 37.5. The minimum Gasteiger partial charge on any atom is -0.394 e. The molecular weight excluding hydrogens is 2300 g/mol. The van der Waals surface area contributed by atoms with Gasteiger partial charge >= 0.3 is 0 Å². The zero-order chi connectivity index (χ0) is 73.0. The van der Waals surface area contributed by atoms with Crippen molar-refractivity contribution in [1.82, 2.24) is 16.0 Å². The van der Waals surface area contributed by atoms with Crippen LogP contribution in [0.4, 0.5) is 17.1 Å². The number of aliphatic hydroxyl groups is 12. The fraction of sp³-hybridized carbons (Fsp3) is 0.500. The standard InChI is InChI=1S/C54H68I9N9O24/c1-2-54(18-94-15-24(82)6-70(27(85)12-76)45-39(58)30(48(64)88)36(55)33(42(45)61)51(91)67-3-21(79)9-73,19-95-16-25(83)7-71(28(86)13-77)46-40(59)31(49(65)89)37(56)34(43(46)62)52(92)68-4-22(80)10-74)20-96-17-26(84)8-72(29(87)14-78)47-41(60)32(50(66)90)38(57)35(44(47)63)53(93)69-5-23(81)11-75/h21-26,73-84H,2-20H2,1H3,(H2,64,88)(H2,65,89)(H2,66,90)(H,67,91)(H,68,92)(H,69,93). The molecule has 9 amide bonds. The Morgan fingerprint density at radius 2 is 0.604 bits per heavy atom. The first-order chi connectivity index (χ1) is 45.0. The maximum atomic E-state index is 13.6. The number of rotatable bonds is 40. The SMILES string of the molecule is CCC(COCC(O)CN(C(=O)CO)c1c(I)c(C(N)=O)c(I)c(C(=O)NCC(O)CO)c1I)(COCC(O)CN(C(=O)CO)c1c(I)c(C(N)=O)c(I)c(C(=O)NCC(O)CO)c1I)COCC(O)CN(C(=O)CO)c1c(I)c(C(N)=O)c(I)c(C(=O)NCC(O)CO)c1I. The number of primary amides is 3. The molecule has 0 heterocycles. The molecule has 96 heavy (non-hydrogen) atoms. The van der Waals surface area contributed by atoms with Gasteiger partial charge in [-0.2, -0.15) is 0 Å². The Labute approximate surface area is 670 Å². The lowest BCUT2D eigenvalue weighted by Crippen LogP contribution is -2.45. The third-order valence-corrected chi connectivity index (χ3v) is 23.2. The van der Waals surface area contributed by atoms with E-state index in [1.807, 2.05) is 0 Å². The monoisotopic (exact) mass is 2370 g/mol. The summed E-state index contributed by atoms with van der Waals surface area (Å²) in [5.41, 5.74) is 14.4. The van der Waals surface area contributed by atoms with Crippen LogP contribution >= 0.6 is 203 Å². The Kier molecular flexibility index (Phi) is 39.5. The van der Waals surface area contributed by atoms with Gasteiger partial charge in [0.2, 0.25) is 0 Å². The number of carbonyl (C=O) groups excluding carboxylic acids is 9. The van der Waals surface area contributed by atoms with Crippen LogP contribution in [0.2, 0.25) is 0 Å². The average Bonchev–Trinajstić information content (AvgIpc) is 0.774. The molecule has 0 aliphatic rings. The zero-order valence-electron chi connectivity index (χ0n) is 50.1. The molecule has 536 valence electrons. The fourth-order valence-corrected chi connectivity index (χ4v) is 23.0. The number of ether oxygens (including phenoxy) is 3. The highest BCUT2D eigenvalue weighted by Crippen LogP contribution is 2.41. The van der Waals surface area contributed by atoms with Crippen molar-refractivity contribution in [2.45, 2.75) is 50.0 Å². The van der Waals surface area contributed by atoms with Crippen LogP contribution in [-0.4, -0.2) is 270 Å². The molecule has 0 aromatic heterocycles. The van der Waals surface area contributed by atoms with Crippen molar-refractivity contribution in [2.75, 3.05) is 133 Å². The van der Waals surface area contributed by atoms with Crippen molar-refractivity contribution in [1.29, 1.82) is 0 Å². The minimum absolute atomic E-state index is 0.0388. The van der Waals surface area contributed by atoms with Crippen LogP contribution in [0, 0.1) is 37.5 Å². The van der Waals surface area contributed by atoms with E-state index in [1.165, 1.54) is 0 Å². The number of anilines is 3. The molecule has 3 aromatic carbocycles. The highest BCUT2D eigenvalue weighted by molar-refractivity contribution is 14.1. The van der Waals surface area contributed by atoms with Gasteiger partial charge in [-0.3, -0.25) is 43.2 Å². The molecule has 42 heteroatoms. The number of benzene rings is 3. The quantitative estimate of drug-likeness (QED) is 0.0263. The van der Waals surface area contributed by atoms with E-state index in [9.17, 15) is 104 Å². The Morgan fingerprint density at radius 3 is 0.792 bits per heavy atom. The predicted octanol–water partition coefficient (Wildman–Crippen LogP) is -2.42. The summed E-state index contributed by atoms with van der Waals surface area (Å²) < 4.78 is 18.7. The van der Waals surface area contributed by atoms with Crippen LogP contribution in [0.1, 0.15) is 75.5 Å². The van der Waals surface area contributed by atoms with E-state index in [-0.39, 0.29) is 89.0 Å². The second-order valence-corrected chi connectivity index (χ2v) is 30.4. The summed E-state index contributed by atoms with van der Waals surface area (Å²) in [6, 6.07) is 0. The molecular formula is C54H68I9N9O24. The van der Waals surface area contributed by atoms with E-state index < -0.39 is 214 Å². The van der Waals surface area contributed by atoms with Gasteiger partial charge in [-0.25, -0.2) is 0 Å². The highest BCUT2D eigenvalue weighted by atomic mass is 127. The number of halogens is 9. The minimum atomic E-state index is -1.65. The van der Waals surface area contributed by atoms with Gasteiger partial charge in [-0.15, -0.1) is 0 Å². The summed E-state index contributed by atoms with van der Waals surface area (Å²) in [6.45, 7) is -10.3. The van der Waals surface area contributed by atoms with E-state index in [0.717, 1.165) is 14.7 Å². The largest absolute Gasteiger partial charge is 0.394 e. The maximum Gasteiger partial charge on any atom is 0.253 e. The third-order valence-electron chi connectivity index (χ3n) is 13.6. The first kappa shape index (κ1) is 89.1. The average molecular weight is 2370 g/mol. The smallest absolute Gasteiger partial charge is 0.253 e. The van der Waals surface area contributed by atoms with Crippen LogP contribution in [0.15, 0.2) is 0 Å². The normalized spacial score (nSPS) is 13.9. The molecule has 0 radical (unpaired) electrons. The fourth-order valence-electron chi connectivity index (χ4n) is 8.67. The van der Waals surface area contributed by atoms with Crippen LogP contribution in [-0.2, 0) is 28.6 Å². The number of nitrogens with zero attached hydrogens (tertiary/aromatic N) is 3. The molecule has 0 aliphatic carbocycles. The number of nitrogens with two attached hydrogens (primary N) is 3. The van der Waals surface area contributed by atoms with Gasteiger partial charge < -0.3 is 123 Å². The van der Waals surface area contributed by atoms with Gasteiger partial charge in [0.25, 0.3) is 53.2 Å². The van der Waals surface area contributed by atoms with Crippen LogP contribution < -0.4 is 47.9 Å². The summed E-state index contributed by atoms with van der Waals surface area (Å²) in [5.74, 6) is -8.69. The maximum absolute atomic E-state index is 13.6. The molecule has 0 aliphatic heterocycles. The Hall–Kier alpha value is -1.14. The van der Waals surface area contributed by atoms with E-state index >= 15 is 0 Å². The van der Waals surface area contributed by atoms with E-state index in [4.69, 9.17) is 31.4 Å². The van der Waals surface area contributed by atoms with Gasteiger partial charge in [0.15, 0.2) is 0 Å². The molecule has 0 bridgehead atoms. The van der Waals surface area contributed by atoms with Crippen LogP contribution in [0.3, 0.4) is 0 Å². The first-order valence-electron chi connectivity index (χ1n) is 27.8. The molecule has 0 fully saturated rings. The number of amides is 9. The van der Waals surface area contributed by atoms with Crippen LogP contribution in [0.5, 0.6) is 0 Å². The van der Waals surface area contributed by atoms with E-state index in [0.29, 0.717) is 0 Å². The zero-order valence-corrected chi connectivity index (χ0v) is 69.6. The predicted molar refractivity (Wildman–Crippen MR) is 417 cm³/mol. The van der Waals surface area contributed by atoms with Gasteiger partial charge in [0, 0.05) is 35.8 Å². The molecule has 0 saturated heterocycles. The van der Waals surface area contributed by atoms with Crippen molar-refractivity contribution in [3.8, 4) is 0 Å². The van der Waals surface area contributed by atoms with Crippen LogP contribution in [0.25, 0.3) is 0 Å². The number of carbonyl (C=O) groups is 9. The van der Waals surface area contributed by atoms with Gasteiger partial charge in [0.1, 0.15) is 19.8 Å². The molecule has 33 nitrogen and oxygen atoms in total. The van der Waals surface area contributed by atoms with E-state index in [2.05, 4.69) is 16.0 Å². The molecule has 3 aromatic rings. The van der Waals surface area contributed by atoms with Crippen molar-refractivity contribution in [2.24, 2.45) is 22.6 Å². The summed E-state index contributed by atoms with van der Waals surface area (Å²) in [5, 5.41) is 131. The molecule has 3 rings (SSSR count). The Balaban J connectivity index is 2.13. The third kappa shape index (κ3) is 23.7.